The van der Waals surface area contributed by atoms with Gasteiger partial charge in [0.25, 0.3) is 0 Å². The number of likely N-dealkylation sites (N-methyl/N-ethyl adjacent to an activating group) is 1. The van der Waals surface area contributed by atoms with E-state index in [0.717, 1.165) is 23.5 Å². The number of allylic oxidation sites excluding steroid dienone is 1. The third kappa shape index (κ3) is 4.97. The van der Waals surface area contributed by atoms with Crippen LogP contribution in [0.15, 0.2) is 116 Å². The van der Waals surface area contributed by atoms with E-state index < -0.39 is 0 Å². The van der Waals surface area contributed by atoms with Gasteiger partial charge in [-0.15, -0.1) is 6.58 Å². The van der Waals surface area contributed by atoms with Gasteiger partial charge < -0.3 is 10.2 Å². The number of nitrogens with zero attached hydrogens (tertiary/aromatic N) is 1. The Hall–Kier alpha value is -3.52. The van der Waals surface area contributed by atoms with Gasteiger partial charge in [-0.1, -0.05) is 98.1 Å². The highest BCUT2D eigenvalue weighted by Gasteiger charge is 2.34. The zero-order valence-corrected chi connectivity index (χ0v) is 18.6. The largest absolute Gasteiger partial charge is 0.382 e. The maximum absolute atomic E-state index is 4.56. The van der Waals surface area contributed by atoms with Crippen molar-refractivity contribution in [1.82, 2.24) is 10.2 Å². The molecule has 0 aliphatic heterocycles. The Morgan fingerprint density at radius 2 is 1.48 bits per heavy atom. The first-order valence-electron chi connectivity index (χ1n) is 10.6. The van der Waals surface area contributed by atoms with Gasteiger partial charge in [-0.05, 0) is 35.2 Å². The summed E-state index contributed by atoms with van der Waals surface area (Å²) in [6, 6.07) is 29.7. The van der Waals surface area contributed by atoms with Gasteiger partial charge in [0.1, 0.15) is 0 Å². The summed E-state index contributed by atoms with van der Waals surface area (Å²) >= 11 is 0. The van der Waals surface area contributed by atoms with E-state index in [9.17, 15) is 0 Å². The highest BCUT2D eigenvalue weighted by atomic mass is 15.1. The van der Waals surface area contributed by atoms with Crippen LogP contribution in [0.3, 0.4) is 0 Å². The van der Waals surface area contributed by atoms with Gasteiger partial charge in [-0.3, -0.25) is 0 Å². The number of benzene rings is 3. The highest BCUT2D eigenvalue weighted by Crippen LogP contribution is 2.39. The average molecular weight is 409 g/mol. The second kappa shape index (κ2) is 9.99. The molecule has 0 amide bonds. The molecule has 0 aliphatic carbocycles. The summed E-state index contributed by atoms with van der Waals surface area (Å²) in [6.07, 6.45) is 1.83. The van der Waals surface area contributed by atoms with Crippen LogP contribution in [0.5, 0.6) is 0 Å². The van der Waals surface area contributed by atoms with Gasteiger partial charge in [-0.25, -0.2) is 0 Å². The number of rotatable bonds is 10. The summed E-state index contributed by atoms with van der Waals surface area (Å²) in [7, 11) is 2.12. The van der Waals surface area contributed by atoms with Crippen molar-refractivity contribution in [3.8, 4) is 0 Å². The van der Waals surface area contributed by atoms with Crippen LogP contribution >= 0.6 is 0 Å². The van der Waals surface area contributed by atoms with E-state index in [4.69, 9.17) is 0 Å². The Bertz CT molecular complexity index is 995. The van der Waals surface area contributed by atoms with Crippen LogP contribution in [-0.2, 0) is 12.0 Å². The smallest absolute Gasteiger partial charge is 0.0566 e. The molecule has 0 saturated heterocycles. The van der Waals surface area contributed by atoms with E-state index in [1.165, 1.54) is 16.7 Å². The highest BCUT2D eigenvalue weighted by molar-refractivity contribution is 5.62. The molecule has 158 valence electrons. The van der Waals surface area contributed by atoms with Gasteiger partial charge in [0.2, 0.25) is 0 Å². The van der Waals surface area contributed by atoms with E-state index >= 15 is 0 Å². The summed E-state index contributed by atoms with van der Waals surface area (Å²) < 4.78 is 0. The van der Waals surface area contributed by atoms with Crippen molar-refractivity contribution in [2.75, 3.05) is 13.6 Å². The van der Waals surface area contributed by atoms with E-state index in [1.807, 2.05) is 6.08 Å². The predicted octanol–water partition coefficient (Wildman–Crippen LogP) is 6.38. The van der Waals surface area contributed by atoms with E-state index in [2.05, 4.69) is 129 Å². The fraction of sp³-hybridized carbons (Fsp3) is 0.172. The minimum absolute atomic E-state index is 0.329. The maximum atomic E-state index is 4.56. The molecular formula is C29H32N2. The van der Waals surface area contributed by atoms with Crippen LogP contribution in [0.25, 0.3) is 5.70 Å². The molecule has 0 fully saturated rings. The topological polar surface area (TPSA) is 15.3 Å². The van der Waals surface area contributed by atoms with Crippen LogP contribution < -0.4 is 5.32 Å². The first kappa shape index (κ1) is 22.2. The monoisotopic (exact) mass is 408 g/mol. The molecule has 0 atom stereocenters. The molecule has 0 saturated carbocycles. The third-order valence-electron chi connectivity index (χ3n) is 5.90. The molecule has 3 aromatic rings. The van der Waals surface area contributed by atoms with Gasteiger partial charge >= 0.3 is 0 Å². The Morgan fingerprint density at radius 1 is 0.903 bits per heavy atom. The molecule has 0 radical (unpaired) electrons. The minimum Gasteiger partial charge on any atom is -0.382 e. The average Bonchev–Trinajstić information content (AvgIpc) is 2.82. The predicted molar refractivity (Wildman–Crippen MR) is 134 cm³/mol. The molecule has 0 bridgehead atoms. The molecule has 3 rings (SSSR count). The molecule has 0 spiro atoms. The standard InChI is InChI=1S/C29H32N2/c1-6-20-30-23(2)26-15-13-14-25(21-26)22-31(5)24(3)29(4,27-16-9-7-10-17-27)28-18-11-8-12-19-28/h6-19,21,30H,1-3,20,22H2,4-5H3. The van der Waals surface area contributed by atoms with Crippen molar-refractivity contribution >= 4 is 5.70 Å². The summed E-state index contributed by atoms with van der Waals surface area (Å²) in [5.41, 5.74) is 6.39. The second-order valence-electron chi connectivity index (χ2n) is 8.01. The van der Waals surface area contributed by atoms with E-state index in [1.54, 1.807) is 0 Å². The maximum Gasteiger partial charge on any atom is 0.0566 e. The zero-order valence-electron chi connectivity index (χ0n) is 18.6. The van der Waals surface area contributed by atoms with Crippen molar-refractivity contribution in [2.45, 2.75) is 18.9 Å². The van der Waals surface area contributed by atoms with Crippen LogP contribution in [0.2, 0.25) is 0 Å². The molecule has 0 aromatic heterocycles. The molecular weight excluding hydrogens is 376 g/mol. The van der Waals surface area contributed by atoms with Crippen LogP contribution in [0.4, 0.5) is 0 Å². The van der Waals surface area contributed by atoms with Crippen molar-refractivity contribution in [1.29, 1.82) is 0 Å². The van der Waals surface area contributed by atoms with Gasteiger partial charge in [0.05, 0.1) is 5.41 Å². The van der Waals surface area contributed by atoms with Crippen molar-refractivity contribution < 1.29 is 0 Å². The lowest BCUT2D eigenvalue weighted by atomic mass is 9.73. The lowest BCUT2D eigenvalue weighted by molar-refractivity contribution is 0.356. The fourth-order valence-corrected chi connectivity index (χ4v) is 3.95. The Kier molecular flexibility index (Phi) is 7.15. The van der Waals surface area contributed by atoms with Crippen LogP contribution in [-0.4, -0.2) is 18.5 Å². The fourth-order valence-electron chi connectivity index (χ4n) is 3.95. The Labute approximate surface area is 187 Å². The molecule has 3 aromatic carbocycles. The SMILES string of the molecule is C=CCNC(=C)c1cccc(CN(C)C(=C)C(C)(c2ccccc2)c2ccccc2)c1. The van der Waals surface area contributed by atoms with Crippen molar-refractivity contribution in [3.63, 3.8) is 0 Å². The lowest BCUT2D eigenvalue weighted by Gasteiger charge is -2.38. The number of hydrogen-bond acceptors (Lipinski definition) is 2. The van der Waals surface area contributed by atoms with Crippen molar-refractivity contribution in [3.05, 3.63) is 139 Å². The second-order valence-corrected chi connectivity index (χ2v) is 8.01. The van der Waals surface area contributed by atoms with E-state index in [-0.39, 0.29) is 5.41 Å². The van der Waals surface area contributed by atoms with Gasteiger partial charge in [0, 0.05) is 31.5 Å². The molecule has 0 heterocycles. The number of nitrogens with one attached hydrogen (secondary N) is 1. The van der Waals surface area contributed by atoms with E-state index in [0.29, 0.717) is 6.54 Å². The minimum atomic E-state index is -0.329. The molecule has 2 heteroatoms. The quantitative estimate of drug-likeness (QED) is 0.391. The zero-order chi connectivity index (χ0) is 22.3. The first-order chi connectivity index (χ1) is 15.0. The molecule has 1 N–H and O–H groups in total. The normalized spacial score (nSPS) is 10.9. The molecule has 0 aliphatic rings. The van der Waals surface area contributed by atoms with Gasteiger partial charge in [0.15, 0.2) is 0 Å². The van der Waals surface area contributed by atoms with Crippen LogP contribution in [0, 0.1) is 0 Å². The van der Waals surface area contributed by atoms with Gasteiger partial charge in [-0.2, -0.15) is 0 Å². The Morgan fingerprint density at radius 3 is 2.03 bits per heavy atom. The Balaban J connectivity index is 1.88. The van der Waals surface area contributed by atoms with Crippen molar-refractivity contribution in [2.24, 2.45) is 0 Å². The molecule has 31 heavy (non-hydrogen) atoms. The first-order valence-corrected chi connectivity index (χ1v) is 10.6. The summed E-state index contributed by atoms with van der Waals surface area (Å²) in [4.78, 5) is 2.25. The third-order valence-corrected chi connectivity index (χ3v) is 5.90. The summed E-state index contributed by atoms with van der Waals surface area (Å²) in [5.74, 6) is 0. The van der Waals surface area contributed by atoms with Crippen LogP contribution in [0.1, 0.15) is 29.2 Å². The molecule has 2 nitrogen and oxygen atoms in total. The summed E-state index contributed by atoms with van der Waals surface area (Å²) in [5, 5.41) is 3.28. The summed E-state index contributed by atoms with van der Waals surface area (Å²) in [6.45, 7) is 16.2. The number of hydrogen-bond donors (Lipinski definition) is 1. The lowest BCUT2D eigenvalue weighted by Crippen LogP contribution is -2.34. The molecule has 0 unspecified atom stereocenters.